The molecule has 0 radical (unpaired) electrons. The molecule has 0 atom stereocenters. The van der Waals surface area contributed by atoms with Crippen LogP contribution >= 0.6 is 0 Å². The molecule has 5 rings (SSSR count). The zero-order valence-corrected chi connectivity index (χ0v) is 18.7. The van der Waals surface area contributed by atoms with Crippen LogP contribution in [0.2, 0.25) is 0 Å². The third-order valence-electron chi connectivity index (χ3n) is 5.34. The molecule has 35 heavy (non-hydrogen) atoms. The molecule has 0 saturated carbocycles. The summed E-state index contributed by atoms with van der Waals surface area (Å²) in [4.78, 5) is 36.4. The summed E-state index contributed by atoms with van der Waals surface area (Å²) in [5, 5.41) is 2.92. The van der Waals surface area contributed by atoms with Crippen LogP contribution in [-0.2, 0) is 13.0 Å². The van der Waals surface area contributed by atoms with Gasteiger partial charge in [-0.1, -0.05) is 0 Å². The molecule has 0 aliphatic carbocycles. The highest BCUT2D eigenvalue weighted by atomic mass is 19.1. The number of carbonyl (C=O) groups is 1. The summed E-state index contributed by atoms with van der Waals surface area (Å²) in [7, 11) is 0. The van der Waals surface area contributed by atoms with E-state index in [0.29, 0.717) is 40.2 Å². The highest BCUT2D eigenvalue weighted by molar-refractivity contribution is 5.97. The Bertz CT molecular complexity index is 1420. The van der Waals surface area contributed by atoms with Gasteiger partial charge in [-0.15, -0.1) is 0 Å². The van der Waals surface area contributed by atoms with Crippen LogP contribution in [0.3, 0.4) is 0 Å². The molecule has 0 fully saturated rings. The second-order valence-corrected chi connectivity index (χ2v) is 7.81. The Labute approximate surface area is 199 Å². The fraction of sp³-hybridized carbons (Fsp3) is 0.160. The molecule has 10 heteroatoms. The largest absolute Gasteiger partial charge is 0.468 e. The topological polar surface area (TPSA) is 121 Å². The monoisotopic (exact) mass is 471 g/mol. The number of halogens is 1. The van der Waals surface area contributed by atoms with Gasteiger partial charge in [-0.2, -0.15) is 0 Å². The summed E-state index contributed by atoms with van der Waals surface area (Å²) in [6, 6.07) is 11.0. The normalized spacial score (nSPS) is 11.0. The van der Waals surface area contributed by atoms with Crippen LogP contribution in [0.5, 0.6) is 5.88 Å². The quantitative estimate of drug-likeness (QED) is 0.281. The first-order chi connectivity index (χ1) is 17.2. The van der Waals surface area contributed by atoms with Crippen LogP contribution in [0.1, 0.15) is 28.4 Å². The molecule has 3 heterocycles. The molecule has 0 bridgehead atoms. The molecule has 5 aromatic rings. The van der Waals surface area contributed by atoms with Crippen molar-refractivity contribution in [3.8, 4) is 17.1 Å². The Morgan fingerprint density at radius 1 is 0.943 bits per heavy atom. The Kier molecular flexibility index (Phi) is 6.42. The highest BCUT2D eigenvalue weighted by Gasteiger charge is 2.15. The minimum atomic E-state index is -0.355. The van der Waals surface area contributed by atoms with E-state index in [1.807, 2.05) is 0 Å². The van der Waals surface area contributed by atoms with Crippen molar-refractivity contribution in [1.29, 1.82) is 0 Å². The summed E-state index contributed by atoms with van der Waals surface area (Å²) >= 11 is 0. The number of aryl methyl sites for hydroxylation is 1. The minimum absolute atomic E-state index is 0.167. The van der Waals surface area contributed by atoms with Crippen molar-refractivity contribution < 1.29 is 13.9 Å². The summed E-state index contributed by atoms with van der Waals surface area (Å²) in [6.07, 6.45) is 8.33. The van der Waals surface area contributed by atoms with Gasteiger partial charge in [-0.05, 0) is 48.9 Å². The third-order valence-corrected chi connectivity index (χ3v) is 5.34. The van der Waals surface area contributed by atoms with E-state index in [1.165, 1.54) is 12.1 Å². The van der Waals surface area contributed by atoms with Crippen molar-refractivity contribution in [2.24, 2.45) is 0 Å². The van der Waals surface area contributed by atoms with E-state index in [1.54, 1.807) is 55.1 Å². The molecule has 2 aromatic carbocycles. The van der Waals surface area contributed by atoms with Gasteiger partial charge >= 0.3 is 0 Å². The van der Waals surface area contributed by atoms with Gasteiger partial charge in [-0.25, -0.2) is 24.3 Å². The van der Waals surface area contributed by atoms with Gasteiger partial charge in [0, 0.05) is 48.9 Å². The van der Waals surface area contributed by atoms with Crippen LogP contribution in [0, 0.1) is 5.82 Å². The first-order valence-corrected chi connectivity index (χ1v) is 11.1. The Hall–Kier alpha value is -4.60. The molecule has 0 aliphatic rings. The summed E-state index contributed by atoms with van der Waals surface area (Å²) in [6.45, 7) is 0.684. The maximum atomic E-state index is 13.5. The maximum absolute atomic E-state index is 13.5. The maximum Gasteiger partial charge on any atom is 0.251 e. The van der Waals surface area contributed by atoms with Crippen molar-refractivity contribution >= 4 is 16.9 Å². The number of aromatic amines is 2. The predicted octanol–water partition coefficient (Wildman–Crippen LogP) is 3.82. The zero-order valence-electron chi connectivity index (χ0n) is 18.7. The van der Waals surface area contributed by atoms with E-state index < -0.39 is 0 Å². The summed E-state index contributed by atoms with van der Waals surface area (Å²) in [5.74, 6) is 1.26. The number of H-pyrrole nitrogens is 2. The number of imidazole rings is 2. The number of aromatic nitrogens is 6. The van der Waals surface area contributed by atoms with Crippen LogP contribution in [-0.4, -0.2) is 42.4 Å². The number of hydrogen-bond donors (Lipinski definition) is 3. The van der Waals surface area contributed by atoms with Crippen molar-refractivity contribution in [3.63, 3.8) is 0 Å². The van der Waals surface area contributed by atoms with Crippen molar-refractivity contribution in [3.05, 3.63) is 90.3 Å². The predicted molar refractivity (Wildman–Crippen MR) is 127 cm³/mol. The van der Waals surface area contributed by atoms with Gasteiger partial charge in [0.15, 0.2) is 0 Å². The van der Waals surface area contributed by atoms with Gasteiger partial charge in [0.25, 0.3) is 5.91 Å². The molecular weight excluding hydrogens is 449 g/mol. The Morgan fingerprint density at radius 2 is 1.71 bits per heavy atom. The number of nitrogens with one attached hydrogen (secondary N) is 3. The number of rotatable bonds is 9. The van der Waals surface area contributed by atoms with Gasteiger partial charge in [0.1, 0.15) is 29.8 Å². The van der Waals surface area contributed by atoms with Crippen molar-refractivity contribution in [1.82, 2.24) is 35.2 Å². The molecule has 0 spiro atoms. The van der Waals surface area contributed by atoms with E-state index in [9.17, 15) is 9.18 Å². The first-order valence-electron chi connectivity index (χ1n) is 11.1. The lowest BCUT2D eigenvalue weighted by molar-refractivity contribution is 0.0953. The zero-order chi connectivity index (χ0) is 24.0. The molecule has 3 N–H and O–H groups in total. The number of benzene rings is 2. The van der Waals surface area contributed by atoms with E-state index in [0.717, 1.165) is 18.7 Å². The molecule has 0 aliphatic heterocycles. The fourth-order valence-electron chi connectivity index (χ4n) is 3.58. The number of carbonyl (C=O) groups excluding carboxylic acids is 1. The minimum Gasteiger partial charge on any atom is -0.468 e. The van der Waals surface area contributed by atoms with Gasteiger partial charge in [0.2, 0.25) is 5.88 Å². The molecule has 0 unspecified atom stereocenters. The number of nitrogens with zero attached hydrogens (tertiary/aromatic N) is 4. The number of fused-ring (bicyclic) bond motifs is 1. The lowest BCUT2D eigenvalue weighted by atomic mass is 10.1. The van der Waals surface area contributed by atoms with Crippen LogP contribution in [0.15, 0.2) is 67.3 Å². The second kappa shape index (κ2) is 10.1. The summed E-state index contributed by atoms with van der Waals surface area (Å²) in [5.41, 5.74) is 2.65. The lowest BCUT2D eigenvalue weighted by Gasteiger charge is -2.12. The van der Waals surface area contributed by atoms with Crippen molar-refractivity contribution in [2.45, 2.75) is 19.4 Å². The molecule has 176 valence electrons. The van der Waals surface area contributed by atoms with Crippen LogP contribution < -0.4 is 10.1 Å². The molecule has 9 nitrogen and oxygen atoms in total. The number of amides is 1. The molecular formula is C25H22FN7O2. The molecule has 0 saturated heterocycles. The van der Waals surface area contributed by atoms with Crippen molar-refractivity contribution in [2.75, 3.05) is 6.54 Å². The fourth-order valence-corrected chi connectivity index (χ4v) is 3.58. The van der Waals surface area contributed by atoms with E-state index in [2.05, 4.69) is 30.2 Å². The van der Waals surface area contributed by atoms with Gasteiger partial charge in [-0.3, -0.25) is 4.79 Å². The lowest BCUT2D eigenvalue weighted by Crippen LogP contribution is -2.24. The van der Waals surface area contributed by atoms with Crippen LogP contribution in [0.25, 0.3) is 22.3 Å². The second-order valence-electron chi connectivity index (χ2n) is 7.81. The first kappa shape index (κ1) is 22.2. The summed E-state index contributed by atoms with van der Waals surface area (Å²) < 4.78 is 19.4. The standard InChI is InChI=1S/C25H22FN7O2/c26-18-6-3-16(4-7-18)23-25(35-15-22-29-12-13-30-22)33-19-8-5-17(14-20(19)32-23)24(34)31-9-1-2-21-27-10-11-28-21/h3-8,10-14H,1-2,9,15H2,(H,27,28)(H,29,30)(H,31,34). The third kappa shape index (κ3) is 5.32. The smallest absolute Gasteiger partial charge is 0.251 e. The molecule has 1 amide bonds. The highest BCUT2D eigenvalue weighted by Crippen LogP contribution is 2.29. The SMILES string of the molecule is O=C(NCCCc1ncc[nH]1)c1ccc2nc(OCc3ncc[nH]3)c(-c3ccc(F)cc3)nc2c1. The van der Waals surface area contributed by atoms with E-state index in [-0.39, 0.29) is 24.2 Å². The Morgan fingerprint density at radius 3 is 2.46 bits per heavy atom. The van der Waals surface area contributed by atoms with E-state index in [4.69, 9.17) is 9.72 Å². The average molecular weight is 471 g/mol. The number of ether oxygens (including phenoxy) is 1. The Balaban J connectivity index is 1.38. The average Bonchev–Trinajstić information content (AvgIpc) is 3.59. The van der Waals surface area contributed by atoms with Crippen LogP contribution in [0.4, 0.5) is 4.39 Å². The van der Waals surface area contributed by atoms with E-state index >= 15 is 0 Å². The molecule has 3 aromatic heterocycles. The van der Waals surface area contributed by atoms with Gasteiger partial charge in [0.05, 0.1) is 11.0 Å². The number of hydrogen-bond acceptors (Lipinski definition) is 6. The van der Waals surface area contributed by atoms with Gasteiger partial charge < -0.3 is 20.0 Å².